The molecule has 2 heterocycles. The Labute approximate surface area is 197 Å². The normalized spacial score (nSPS) is 15.6. The third kappa shape index (κ3) is 6.94. The molecule has 1 aliphatic rings. The standard InChI is InChI=1S/C29H37NO3/c1-22(19-26-21-25-18-23(2)12-13-28(25)33-29(26)31)8-6-9-24-10-7-11-27(20-24)32-17-16-30-14-4-3-5-15-30/h7,10-13,18,20-22H,3-6,8-9,14-17,19H2,1-2H3. The first-order valence-corrected chi connectivity index (χ1v) is 12.5. The van der Waals surface area contributed by atoms with Crippen LogP contribution in [0.5, 0.6) is 5.75 Å². The van der Waals surface area contributed by atoms with Gasteiger partial charge in [0.2, 0.25) is 0 Å². The summed E-state index contributed by atoms with van der Waals surface area (Å²) >= 11 is 0. The Bertz CT molecular complexity index is 1100. The Morgan fingerprint density at radius 1 is 1.06 bits per heavy atom. The molecule has 0 amide bonds. The van der Waals surface area contributed by atoms with Crippen LogP contribution in [0.4, 0.5) is 0 Å². The molecule has 0 N–H and O–H groups in total. The fourth-order valence-corrected chi connectivity index (χ4v) is 4.83. The minimum atomic E-state index is -0.201. The number of hydrogen-bond acceptors (Lipinski definition) is 4. The van der Waals surface area contributed by atoms with Crippen LogP contribution in [0.1, 0.15) is 55.7 Å². The highest BCUT2D eigenvalue weighted by Gasteiger charge is 2.11. The number of aryl methyl sites for hydroxylation is 2. The van der Waals surface area contributed by atoms with Crippen LogP contribution in [0.2, 0.25) is 0 Å². The first kappa shape index (κ1) is 23.6. The molecule has 4 heteroatoms. The molecule has 1 atom stereocenters. The number of nitrogens with zero attached hydrogens (tertiary/aromatic N) is 1. The van der Waals surface area contributed by atoms with Crippen molar-refractivity contribution in [2.75, 3.05) is 26.2 Å². The van der Waals surface area contributed by atoms with Gasteiger partial charge in [0.1, 0.15) is 17.9 Å². The van der Waals surface area contributed by atoms with Crippen molar-refractivity contribution < 1.29 is 9.15 Å². The van der Waals surface area contributed by atoms with Crippen molar-refractivity contribution in [1.82, 2.24) is 4.90 Å². The lowest BCUT2D eigenvalue weighted by Crippen LogP contribution is -2.33. The quantitative estimate of drug-likeness (QED) is 0.349. The molecule has 0 saturated carbocycles. The lowest BCUT2D eigenvalue weighted by Gasteiger charge is -2.26. The van der Waals surface area contributed by atoms with E-state index in [2.05, 4.69) is 49.1 Å². The van der Waals surface area contributed by atoms with Gasteiger partial charge in [-0.25, -0.2) is 4.79 Å². The molecular weight excluding hydrogens is 410 g/mol. The van der Waals surface area contributed by atoms with E-state index in [0.29, 0.717) is 11.5 Å². The van der Waals surface area contributed by atoms with Gasteiger partial charge in [-0.05, 0) is 93.9 Å². The molecule has 4 nitrogen and oxygen atoms in total. The monoisotopic (exact) mass is 447 g/mol. The summed E-state index contributed by atoms with van der Waals surface area (Å²) in [6, 6.07) is 16.5. The topological polar surface area (TPSA) is 42.7 Å². The van der Waals surface area contributed by atoms with Crippen molar-refractivity contribution >= 4 is 11.0 Å². The van der Waals surface area contributed by atoms with E-state index in [4.69, 9.17) is 9.15 Å². The number of likely N-dealkylation sites (tertiary alicyclic amines) is 1. The number of benzene rings is 2. The second-order valence-corrected chi connectivity index (χ2v) is 9.70. The SMILES string of the molecule is Cc1ccc2oc(=O)c(CC(C)CCCc3cccc(OCCN4CCCCC4)c3)cc2c1. The highest BCUT2D eigenvalue weighted by Crippen LogP contribution is 2.20. The van der Waals surface area contributed by atoms with E-state index in [9.17, 15) is 4.79 Å². The molecule has 1 aromatic heterocycles. The minimum absolute atomic E-state index is 0.201. The summed E-state index contributed by atoms with van der Waals surface area (Å²) < 4.78 is 11.6. The third-order valence-corrected chi connectivity index (χ3v) is 6.71. The summed E-state index contributed by atoms with van der Waals surface area (Å²) in [4.78, 5) is 14.9. The van der Waals surface area contributed by atoms with Crippen LogP contribution in [0.15, 0.2) is 57.7 Å². The molecule has 0 aliphatic carbocycles. The highest BCUT2D eigenvalue weighted by molar-refractivity contribution is 5.77. The van der Waals surface area contributed by atoms with Gasteiger partial charge >= 0.3 is 5.63 Å². The van der Waals surface area contributed by atoms with Crippen molar-refractivity contribution in [2.24, 2.45) is 5.92 Å². The smallest absolute Gasteiger partial charge is 0.339 e. The second-order valence-electron chi connectivity index (χ2n) is 9.70. The van der Waals surface area contributed by atoms with Crippen LogP contribution in [0.25, 0.3) is 11.0 Å². The van der Waals surface area contributed by atoms with E-state index in [-0.39, 0.29) is 5.63 Å². The van der Waals surface area contributed by atoms with Gasteiger partial charge in [-0.1, -0.05) is 43.5 Å². The maximum atomic E-state index is 12.4. The fraction of sp³-hybridized carbons (Fsp3) is 0.483. The predicted molar refractivity (Wildman–Crippen MR) is 135 cm³/mol. The van der Waals surface area contributed by atoms with Crippen LogP contribution in [0, 0.1) is 12.8 Å². The number of fused-ring (bicyclic) bond motifs is 1. The number of hydrogen-bond donors (Lipinski definition) is 0. The van der Waals surface area contributed by atoms with E-state index in [1.165, 1.54) is 43.5 Å². The van der Waals surface area contributed by atoms with Gasteiger partial charge in [0.05, 0.1) is 0 Å². The van der Waals surface area contributed by atoms with Crippen molar-refractivity contribution in [3.8, 4) is 5.75 Å². The molecule has 2 aromatic carbocycles. The Kier molecular flexibility index (Phi) is 8.22. The fourth-order valence-electron chi connectivity index (χ4n) is 4.83. The van der Waals surface area contributed by atoms with Crippen molar-refractivity contribution in [1.29, 1.82) is 0 Å². The number of rotatable bonds is 10. The average molecular weight is 448 g/mol. The summed E-state index contributed by atoms with van der Waals surface area (Å²) in [7, 11) is 0. The molecule has 1 unspecified atom stereocenters. The Balaban J connectivity index is 1.23. The first-order valence-electron chi connectivity index (χ1n) is 12.5. The zero-order valence-corrected chi connectivity index (χ0v) is 20.1. The maximum Gasteiger partial charge on any atom is 0.339 e. The third-order valence-electron chi connectivity index (χ3n) is 6.71. The lowest BCUT2D eigenvalue weighted by atomic mass is 9.95. The van der Waals surface area contributed by atoms with Crippen LogP contribution >= 0.6 is 0 Å². The molecule has 1 saturated heterocycles. The Hall–Kier alpha value is -2.59. The molecule has 4 rings (SSSR count). The summed E-state index contributed by atoms with van der Waals surface area (Å²) in [5.74, 6) is 1.40. The van der Waals surface area contributed by atoms with Gasteiger partial charge < -0.3 is 9.15 Å². The minimum Gasteiger partial charge on any atom is -0.492 e. The van der Waals surface area contributed by atoms with E-state index in [1.54, 1.807) is 0 Å². The number of ether oxygens (including phenoxy) is 1. The number of piperidine rings is 1. The molecule has 33 heavy (non-hydrogen) atoms. The van der Waals surface area contributed by atoms with E-state index in [0.717, 1.165) is 55.5 Å². The molecule has 3 aromatic rings. The summed E-state index contributed by atoms with van der Waals surface area (Å²) in [6.45, 7) is 8.48. The van der Waals surface area contributed by atoms with Gasteiger partial charge in [-0.2, -0.15) is 0 Å². The van der Waals surface area contributed by atoms with Gasteiger partial charge in [0.25, 0.3) is 0 Å². The molecule has 176 valence electrons. The van der Waals surface area contributed by atoms with Gasteiger partial charge in [0, 0.05) is 17.5 Å². The van der Waals surface area contributed by atoms with Crippen LogP contribution < -0.4 is 10.4 Å². The van der Waals surface area contributed by atoms with E-state index >= 15 is 0 Å². The molecular formula is C29H37NO3. The van der Waals surface area contributed by atoms with Crippen LogP contribution in [-0.4, -0.2) is 31.1 Å². The summed E-state index contributed by atoms with van der Waals surface area (Å²) in [6.07, 6.45) is 7.96. The summed E-state index contributed by atoms with van der Waals surface area (Å²) in [5.41, 5.74) is 3.74. The second kappa shape index (κ2) is 11.5. The van der Waals surface area contributed by atoms with Crippen molar-refractivity contribution in [3.05, 3.63) is 75.6 Å². The highest BCUT2D eigenvalue weighted by atomic mass is 16.5. The Morgan fingerprint density at radius 3 is 2.76 bits per heavy atom. The zero-order chi connectivity index (χ0) is 23.0. The first-order chi connectivity index (χ1) is 16.1. The molecule has 0 radical (unpaired) electrons. The van der Waals surface area contributed by atoms with Crippen molar-refractivity contribution in [2.45, 2.75) is 58.8 Å². The van der Waals surface area contributed by atoms with Gasteiger partial charge in [0.15, 0.2) is 0 Å². The molecule has 1 fully saturated rings. The van der Waals surface area contributed by atoms with Crippen LogP contribution in [-0.2, 0) is 12.8 Å². The predicted octanol–water partition coefficient (Wildman–Crippen LogP) is 6.17. The van der Waals surface area contributed by atoms with E-state index in [1.807, 2.05) is 18.2 Å². The summed E-state index contributed by atoms with van der Waals surface area (Å²) in [5, 5.41) is 1.01. The molecule has 0 spiro atoms. The van der Waals surface area contributed by atoms with Gasteiger partial charge in [-0.3, -0.25) is 4.90 Å². The van der Waals surface area contributed by atoms with E-state index < -0.39 is 0 Å². The maximum absolute atomic E-state index is 12.4. The Morgan fingerprint density at radius 2 is 1.91 bits per heavy atom. The van der Waals surface area contributed by atoms with Crippen LogP contribution in [0.3, 0.4) is 0 Å². The molecule has 1 aliphatic heterocycles. The average Bonchev–Trinajstić information content (AvgIpc) is 2.81. The largest absolute Gasteiger partial charge is 0.492 e. The molecule has 0 bridgehead atoms. The zero-order valence-electron chi connectivity index (χ0n) is 20.1. The lowest BCUT2D eigenvalue weighted by molar-refractivity contribution is 0.183. The van der Waals surface area contributed by atoms with Crippen molar-refractivity contribution in [3.63, 3.8) is 0 Å². The van der Waals surface area contributed by atoms with Gasteiger partial charge in [-0.15, -0.1) is 0 Å².